The topological polar surface area (TPSA) is 58.0 Å². The minimum Gasteiger partial charge on any atom is -0.387 e. The van der Waals surface area contributed by atoms with Gasteiger partial charge in [-0.25, -0.2) is 0 Å². The van der Waals surface area contributed by atoms with Gasteiger partial charge < -0.3 is 10.4 Å². The Labute approximate surface area is 123 Å². The van der Waals surface area contributed by atoms with Gasteiger partial charge in [-0.3, -0.25) is 0 Å². The van der Waals surface area contributed by atoms with Crippen molar-refractivity contribution < 1.29 is 5.11 Å². The highest BCUT2D eigenvalue weighted by Gasteiger charge is 2.19. The Kier molecular flexibility index (Phi) is 4.40. The van der Waals surface area contributed by atoms with Crippen LogP contribution < -0.4 is 5.32 Å². The largest absolute Gasteiger partial charge is 0.387 e. The number of rotatable bonds is 4. The Bertz CT molecular complexity index is 574. The summed E-state index contributed by atoms with van der Waals surface area (Å²) in [7, 11) is 0. The van der Waals surface area contributed by atoms with Gasteiger partial charge in [-0.15, -0.1) is 10.2 Å². The van der Waals surface area contributed by atoms with Crippen molar-refractivity contribution in [3.05, 3.63) is 40.4 Å². The van der Waals surface area contributed by atoms with Crippen LogP contribution in [-0.4, -0.2) is 21.8 Å². The van der Waals surface area contributed by atoms with E-state index in [4.69, 9.17) is 0 Å². The normalized spacial score (nSPS) is 13.2. The first-order valence-corrected chi connectivity index (χ1v) is 7.50. The molecule has 0 radical (unpaired) electrons. The maximum absolute atomic E-state index is 10.2. The van der Waals surface area contributed by atoms with E-state index in [1.807, 2.05) is 31.2 Å². The van der Waals surface area contributed by atoms with E-state index in [0.717, 1.165) is 21.3 Å². The molecule has 2 aromatic rings. The fourth-order valence-corrected chi connectivity index (χ4v) is 2.59. The predicted octanol–water partition coefficient (Wildman–Crippen LogP) is 3.29. The molecule has 0 spiro atoms. The van der Waals surface area contributed by atoms with E-state index in [9.17, 15) is 5.11 Å². The fraction of sp³-hybridized carbons (Fsp3) is 0.467. The molecule has 4 nitrogen and oxygen atoms in total. The highest BCUT2D eigenvalue weighted by molar-refractivity contribution is 7.15. The first kappa shape index (κ1) is 14.9. The number of hydrogen-bond donors (Lipinski definition) is 2. The van der Waals surface area contributed by atoms with E-state index >= 15 is 0 Å². The van der Waals surface area contributed by atoms with Crippen LogP contribution in [0.2, 0.25) is 0 Å². The van der Waals surface area contributed by atoms with Crippen LogP contribution in [0, 0.1) is 6.92 Å². The van der Waals surface area contributed by atoms with Gasteiger partial charge >= 0.3 is 0 Å². The molecule has 1 heterocycles. The maximum Gasteiger partial charge on any atom is 0.205 e. The lowest BCUT2D eigenvalue weighted by Crippen LogP contribution is -2.12. The molecule has 0 aliphatic heterocycles. The Morgan fingerprint density at radius 2 is 2.05 bits per heavy atom. The van der Waals surface area contributed by atoms with Gasteiger partial charge in [0.1, 0.15) is 5.01 Å². The number of aliphatic hydroxyl groups excluding tert-OH is 1. The summed E-state index contributed by atoms with van der Waals surface area (Å²) in [6.45, 7) is 8.78. The number of benzene rings is 1. The lowest BCUT2D eigenvalue weighted by atomic mass is 9.98. The standard InChI is InChI=1S/C15H21N3OS/c1-10-6-5-7-11(8-10)12(19)9-16-14-18-17-13(20-14)15(2,3)4/h5-8,12,19H,9H2,1-4H3,(H,16,18). The van der Waals surface area contributed by atoms with Crippen molar-refractivity contribution in [3.8, 4) is 0 Å². The first-order valence-electron chi connectivity index (χ1n) is 6.69. The molecule has 1 unspecified atom stereocenters. The fourth-order valence-electron chi connectivity index (χ4n) is 1.78. The zero-order valence-electron chi connectivity index (χ0n) is 12.3. The molecule has 0 amide bonds. The van der Waals surface area contributed by atoms with Crippen molar-refractivity contribution in [2.24, 2.45) is 0 Å². The molecule has 0 saturated heterocycles. The van der Waals surface area contributed by atoms with E-state index in [2.05, 4.69) is 36.3 Å². The number of nitrogens with zero attached hydrogens (tertiary/aromatic N) is 2. The van der Waals surface area contributed by atoms with Crippen molar-refractivity contribution in [3.63, 3.8) is 0 Å². The highest BCUT2D eigenvalue weighted by atomic mass is 32.1. The second-order valence-electron chi connectivity index (χ2n) is 5.97. The molecule has 0 bridgehead atoms. The van der Waals surface area contributed by atoms with Crippen molar-refractivity contribution in [2.75, 3.05) is 11.9 Å². The van der Waals surface area contributed by atoms with Gasteiger partial charge in [-0.05, 0) is 12.5 Å². The second-order valence-corrected chi connectivity index (χ2v) is 6.95. The van der Waals surface area contributed by atoms with E-state index in [1.54, 1.807) is 0 Å². The summed E-state index contributed by atoms with van der Waals surface area (Å²) in [6.07, 6.45) is -0.545. The number of nitrogens with one attached hydrogen (secondary N) is 1. The molecule has 0 saturated carbocycles. The van der Waals surface area contributed by atoms with Gasteiger partial charge in [0.25, 0.3) is 0 Å². The van der Waals surface area contributed by atoms with Crippen molar-refractivity contribution in [1.82, 2.24) is 10.2 Å². The zero-order chi connectivity index (χ0) is 14.8. The van der Waals surface area contributed by atoms with Gasteiger partial charge in [0.15, 0.2) is 0 Å². The summed E-state index contributed by atoms with van der Waals surface area (Å²) in [5.41, 5.74) is 2.07. The Morgan fingerprint density at radius 1 is 1.30 bits per heavy atom. The lowest BCUT2D eigenvalue weighted by Gasteiger charge is -2.13. The van der Waals surface area contributed by atoms with Gasteiger partial charge in [0.05, 0.1) is 6.10 Å². The molecule has 0 aliphatic carbocycles. The van der Waals surface area contributed by atoms with Crippen LogP contribution in [0.4, 0.5) is 5.13 Å². The molecule has 0 aliphatic rings. The van der Waals surface area contributed by atoms with E-state index in [1.165, 1.54) is 11.3 Å². The smallest absolute Gasteiger partial charge is 0.205 e. The molecular formula is C15H21N3OS. The minimum atomic E-state index is -0.545. The zero-order valence-corrected chi connectivity index (χ0v) is 13.2. The van der Waals surface area contributed by atoms with Gasteiger partial charge in [0.2, 0.25) is 5.13 Å². The Morgan fingerprint density at radius 3 is 2.65 bits per heavy atom. The predicted molar refractivity (Wildman–Crippen MR) is 83.2 cm³/mol. The molecule has 108 valence electrons. The number of anilines is 1. The van der Waals surface area contributed by atoms with Crippen LogP contribution in [0.5, 0.6) is 0 Å². The quantitative estimate of drug-likeness (QED) is 0.907. The average Bonchev–Trinajstić information content (AvgIpc) is 2.84. The molecule has 1 aromatic carbocycles. The van der Waals surface area contributed by atoms with Crippen LogP contribution in [0.15, 0.2) is 24.3 Å². The summed E-state index contributed by atoms with van der Waals surface area (Å²) in [5, 5.41) is 23.3. The van der Waals surface area contributed by atoms with Gasteiger partial charge in [0, 0.05) is 12.0 Å². The highest BCUT2D eigenvalue weighted by Crippen LogP contribution is 2.28. The number of aliphatic hydroxyl groups is 1. The third-order valence-corrected chi connectivity index (χ3v) is 4.25. The number of aryl methyl sites for hydroxylation is 1. The lowest BCUT2D eigenvalue weighted by molar-refractivity contribution is 0.191. The molecule has 1 aromatic heterocycles. The van der Waals surface area contributed by atoms with Crippen LogP contribution in [-0.2, 0) is 5.41 Å². The second kappa shape index (κ2) is 5.89. The minimum absolute atomic E-state index is 0.00670. The average molecular weight is 291 g/mol. The van der Waals surface area contributed by atoms with E-state index in [0.29, 0.717) is 6.54 Å². The van der Waals surface area contributed by atoms with Crippen LogP contribution in [0.1, 0.15) is 43.0 Å². The van der Waals surface area contributed by atoms with Gasteiger partial charge in [-0.2, -0.15) is 0 Å². The van der Waals surface area contributed by atoms with Crippen LogP contribution >= 0.6 is 11.3 Å². The summed E-state index contributed by atoms with van der Waals surface area (Å²) in [6, 6.07) is 7.90. The maximum atomic E-state index is 10.2. The molecule has 5 heteroatoms. The van der Waals surface area contributed by atoms with Crippen molar-refractivity contribution >= 4 is 16.5 Å². The summed E-state index contributed by atoms with van der Waals surface area (Å²) >= 11 is 1.54. The SMILES string of the molecule is Cc1cccc(C(O)CNc2nnc(C(C)(C)C)s2)c1. The molecule has 20 heavy (non-hydrogen) atoms. The van der Waals surface area contributed by atoms with E-state index in [-0.39, 0.29) is 5.41 Å². The molecule has 2 rings (SSSR count). The first-order chi connectivity index (χ1) is 9.36. The van der Waals surface area contributed by atoms with Crippen LogP contribution in [0.3, 0.4) is 0 Å². The Balaban J connectivity index is 1.97. The molecule has 1 atom stereocenters. The van der Waals surface area contributed by atoms with Gasteiger partial charge in [-0.1, -0.05) is 61.9 Å². The van der Waals surface area contributed by atoms with Crippen molar-refractivity contribution in [1.29, 1.82) is 0 Å². The summed E-state index contributed by atoms with van der Waals surface area (Å²) in [5.74, 6) is 0. The summed E-state index contributed by atoms with van der Waals surface area (Å²) < 4.78 is 0. The number of hydrogen-bond acceptors (Lipinski definition) is 5. The molecular weight excluding hydrogens is 270 g/mol. The number of aromatic nitrogens is 2. The monoisotopic (exact) mass is 291 g/mol. The third-order valence-electron chi connectivity index (χ3n) is 2.94. The van der Waals surface area contributed by atoms with Crippen LogP contribution in [0.25, 0.3) is 0 Å². The molecule has 0 fully saturated rings. The van der Waals surface area contributed by atoms with Crippen molar-refractivity contribution in [2.45, 2.75) is 39.2 Å². The van der Waals surface area contributed by atoms with E-state index < -0.39 is 6.10 Å². The Hall–Kier alpha value is -1.46. The third kappa shape index (κ3) is 3.77. The molecule has 2 N–H and O–H groups in total. The summed E-state index contributed by atoms with van der Waals surface area (Å²) in [4.78, 5) is 0.